The number of rotatable bonds is 6. The highest BCUT2D eigenvalue weighted by Crippen LogP contribution is 2.26. The van der Waals surface area contributed by atoms with Gasteiger partial charge < -0.3 is 10.6 Å². The summed E-state index contributed by atoms with van der Waals surface area (Å²) in [6.45, 7) is 6.52. The number of quaternary nitrogens is 1. The zero-order valence-corrected chi connectivity index (χ0v) is 17.9. The molecule has 3 heterocycles. The Morgan fingerprint density at radius 3 is 2.80 bits per heavy atom. The van der Waals surface area contributed by atoms with Crippen LogP contribution in [0.5, 0.6) is 0 Å². The van der Waals surface area contributed by atoms with Crippen LogP contribution in [0.3, 0.4) is 0 Å². The molecule has 1 aromatic heterocycles. The molecule has 0 saturated carbocycles. The Kier molecular flexibility index (Phi) is 5.77. The molecule has 1 atom stereocenters. The van der Waals surface area contributed by atoms with Crippen molar-refractivity contribution < 1.29 is 9.69 Å². The van der Waals surface area contributed by atoms with Gasteiger partial charge in [-0.05, 0) is 57.0 Å². The molecule has 2 aliphatic heterocycles. The molecule has 0 radical (unpaired) electrons. The van der Waals surface area contributed by atoms with E-state index in [0.29, 0.717) is 6.54 Å². The summed E-state index contributed by atoms with van der Waals surface area (Å²) in [6, 6.07) is 9.62. The van der Waals surface area contributed by atoms with Crippen molar-refractivity contribution in [3.05, 3.63) is 60.4 Å². The quantitative estimate of drug-likeness (QED) is 0.457. The van der Waals surface area contributed by atoms with E-state index in [2.05, 4.69) is 41.6 Å². The number of nitrogens with one attached hydrogen (secondary N) is 5. The predicted octanol–water partition coefficient (Wildman–Crippen LogP) is 2.25. The van der Waals surface area contributed by atoms with Crippen LogP contribution in [0.25, 0.3) is 0 Å². The highest BCUT2D eigenvalue weighted by Gasteiger charge is 2.32. The fourth-order valence-corrected chi connectivity index (χ4v) is 3.96. The Labute approximate surface area is 179 Å². The number of aryl methyl sites for hydroxylation is 1. The van der Waals surface area contributed by atoms with Gasteiger partial charge in [0.2, 0.25) is 11.7 Å². The van der Waals surface area contributed by atoms with E-state index in [1.165, 1.54) is 0 Å². The maximum atomic E-state index is 11.8. The highest BCUT2D eigenvalue weighted by molar-refractivity contribution is 7.97. The molecule has 4 rings (SSSR count). The van der Waals surface area contributed by atoms with Crippen LogP contribution >= 0.6 is 11.9 Å². The van der Waals surface area contributed by atoms with Gasteiger partial charge in [0.1, 0.15) is 12.7 Å². The standard InChI is InChI=1S/C20H24N8OS/c1-13(2)22-20(29)23-15-4-6-16(7-5-15)30-27-11-18-21-8-9-28(18)19(12-27)24-17-10-14(3)25-26-17/h4-10,12-13H,11H2,1-3H3,(H2,22,23,29)(H2,24,25,26)/p+1. The van der Waals surface area contributed by atoms with Gasteiger partial charge in [-0.1, -0.05) is 0 Å². The number of urea groups is 1. The predicted molar refractivity (Wildman–Crippen MR) is 119 cm³/mol. The van der Waals surface area contributed by atoms with Crippen LogP contribution in [0.15, 0.2) is 64.6 Å². The van der Waals surface area contributed by atoms with Gasteiger partial charge >= 0.3 is 6.03 Å². The number of fused-ring (bicyclic) bond motifs is 1. The van der Waals surface area contributed by atoms with Crippen molar-refractivity contribution >= 4 is 35.3 Å². The molecule has 0 aliphatic carbocycles. The molecule has 9 nitrogen and oxygen atoms in total. The molecule has 0 saturated heterocycles. The van der Waals surface area contributed by atoms with Crippen LogP contribution in [0, 0.1) is 6.92 Å². The summed E-state index contributed by atoms with van der Waals surface area (Å²) in [4.78, 5) is 18.5. The van der Waals surface area contributed by atoms with E-state index in [1.807, 2.05) is 63.5 Å². The Morgan fingerprint density at radius 2 is 2.10 bits per heavy atom. The number of hydrogen-bond acceptors (Lipinski definition) is 6. The minimum absolute atomic E-state index is 0.0913. The smallest absolute Gasteiger partial charge is 0.319 e. The molecule has 0 fully saturated rings. The second-order valence-corrected chi connectivity index (χ2v) is 8.48. The number of carbonyl (C=O) groups excluding carboxylic acids is 1. The lowest BCUT2D eigenvalue weighted by atomic mass is 10.3. The maximum absolute atomic E-state index is 11.8. The van der Waals surface area contributed by atoms with Crippen molar-refractivity contribution in [3.8, 4) is 0 Å². The van der Waals surface area contributed by atoms with Gasteiger partial charge in [-0.3, -0.25) is 14.7 Å². The normalized spacial score (nSPS) is 17.5. The van der Waals surface area contributed by atoms with Crippen molar-refractivity contribution in [2.45, 2.75) is 31.7 Å². The summed E-state index contributed by atoms with van der Waals surface area (Å²) < 4.78 is 2.13. The SMILES string of the molecule is Cc1cc(NC2=CN(Sc3ccc(NC(=O)NC(C)C)cc3)CC3=NC=C[NH+]23)n[nH]1. The minimum Gasteiger partial charge on any atom is -0.336 e. The molecule has 1 aromatic carbocycles. The van der Waals surface area contributed by atoms with Crippen molar-refractivity contribution in [3.63, 3.8) is 0 Å². The van der Waals surface area contributed by atoms with Crippen LogP contribution in [0.4, 0.5) is 16.3 Å². The number of aromatic amines is 1. The Hall–Kier alpha value is -3.24. The van der Waals surface area contributed by atoms with E-state index in [1.54, 1.807) is 11.9 Å². The number of amides is 2. The molecule has 0 spiro atoms. The number of aliphatic imine (C=N–C) groups is 1. The lowest BCUT2D eigenvalue weighted by Gasteiger charge is -2.27. The molecule has 10 heteroatoms. The van der Waals surface area contributed by atoms with Gasteiger partial charge in [0.25, 0.3) is 0 Å². The first-order chi connectivity index (χ1) is 14.5. The summed E-state index contributed by atoms with van der Waals surface area (Å²) in [5, 5.41) is 16.2. The van der Waals surface area contributed by atoms with E-state index in [4.69, 9.17) is 0 Å². The van der Waals surface area contributed by atoms with Crippen LogP contribution in [0.2, 0.25) is 0 Å². The van der Waals surface area contributed by atoms with Crippen LogP contribution < -0.4 is 20.9 Å². The first kappa shape index (κ1) is 20.0. The maximum Gasteiger partial charge on any atom is 0.319 e. The summed E-state index contributed by atoms with van der Waals surface area (Å²) in [5.74, 6) is 2.74. The molecular formula is C20H25N8OS+. The summed E-state index contributed by atoms with van der Waals surface area (Å²) in [7, 11) is 0. The summed E-state index contributed by atoms with van der Waals surface area (Å²) >= 11 is 1.61. The lowest BCUT2D eigenvalue weighted by Crippen LogP contribution is -3.10. The van der Waals surface area contributed by atoms with E-state index in [-0.39, 0.29) is 12.1 Å². The van der Waals surface area contributed by atoms with E-state index >= 15 is 0 Å². The molecule has 1 unspecified atom stereocenters. The van der Waals surface area contributed by atoms with Gasteiger partial charge in [0.15, 0.2) is 5.82 Å². The number of amidine groups is 1. The molecular weight excluding hydrogens is 400 g/mol. The van der Waals surface area contributed by atoms with Gasteiger partial charge in [0.05, 0.1) is 12.4 Å². The number of nitrogens with zero attached hydrogens (tertiary/aromatic N) is 3. The largest absolute Gasteiger partial charge is 0.336 e. The molecule has 2 aliphatic rings. The average molecular weight is 426 g/mol. The number of benzene rings is 1. The molecule has 5 N–H and O–H groups in total. The van der Waals surface area contributed by atoms with Crippen LogP contribution in [0.1, 0.15) is 19.5 Å². The number of carbonyl (C=O) groups is 1. The third kappa shape index (κ3) is 4.84. The third-order valence-electron chi connectivity index (χ3n) is 4.37. The number of aromatic nitrogens is 2. The van der Waals surface area contributed by atoms with Gasteiger partial charge in [0, 0.05) is 28.4 Å². The zero-order valence-electron chi connectivity index (χ0n) is 17.1. The highest BCUT2D eigenvalue weighted by atomic mass is 32.2. The Bertz CT molecular complexity index is 1010. The zero-order chi connectivity index (χ0) is 21.1. The molecule has 30 heavy (non-hydrogen) atoms. The van der Waals surface area contributed by atoms with Gasteiger partial charge in [-0.15, -0.1) is 0 Å². The molecule has 0 bridgehead atoms. The van der Waals surface area contributed by atoms with Crippen molar-refractivity contribution in [1.82, 2.24) is 19.8 Å². The Balaban J connectivity index is 1.44. The topological polar surface area (TPSA) is 102 Å². The van der Waals surface area contributed by atoms with Crippen LogP contribution in [-0.4, -0.2) is 39.0 Å². The molecule has 2 amide bonds. The lowest BCUT2D eigenvalue weighted by molar-refractivity contribution is -0.699. The fourth-order valence-electron chi connectivity index (χ4n) is 3.09. The summed E-state index contributed by atoms with van der Waals surface area (Å²) in [5.41, 5.74) is 1.75. The third-order valence-corrected chi connectivity index (χ3v) is 5.33. The number of anilines is 2. The first-order valence-corrected chi connectivity index (χ1v) is 10.5. The van der Waals surface area contributed by atoms with Crippen molar-refractivity contribution in [2.24, 2.45) is 4.99 Å². The monoisotopic (exact) mass is 425 g/mol. The average Bonchev–Trinajstić information content (AvgIpc) is 3.31. The van der Waals surface area contributed by atoms with E-state index < -0.39 is 0 Å². The Morgan fingerprint density at radius 1 is 1.30 bits per heavy atom. The molecule has 156 valence electrons. The number of H-pyrrole nitrogens is 1. The van der Waals surface area contributed by atoms with E-state index in [0.717, 1.165) is 38.7 Å². The van der Waals surface area contributed by atoms with E-state index in [9.17, 15) is 4.79 Å². The van der Waals surface area contributed by atoms with Gasteiger partial charge in [-0.25, -0.2) is 14.7 Å². The second-order valence-electron chi connectivity index (χ2n) is 7.35. The second kappa shape index (κ2) is 8.64. The van der Waals surface area contributed by atoms with Crippen molar-refractivity contribution in [2.75, 3.05) is 17.2 Å². The fraction of sp³-hybridized carbons (Fsp3) is 0.250. The first-order valence-electron chi connectivity index (χ1n) is 9.70. The molecule has 2 aromatic rings. The van der Waals surface area contributed by atoms with Crippen LogP contribution in [-0.2, 0) is 0 Å². The number of hydrogen-bond donors (Lipinski definition) is 5. The van der Waals surface area contributed by atoms with Crippen molar-refractivity contribution in [1.29, 1.82) is 0 Å². The summed E-state index contributed by atoms with van der Waals surface area (Å²) in [6.07, 6.45) is 5.91. The minimum atomic E-state index is -0.205. The van der Waals surface area contributed by atoms with Gasteiger partial charge in [-0.2, -0.15) is 5.10 Å².